The van der Waals surface area contributed by atoms with Crippen LogP contribution in [0.5, 0.6) is 0 Å². The Bertz CT molecular complexity index is 1060. The number of benzene rings is 3. The molecule has 31 heavy (non-hydrogen) atoms. The van der Waals surface area contributed by atoms with Crippen molar-refractivity contribution in [2.45, 2.75) is 49.6 Å². The maximum absolute atomic E-state index is 13.0. The summed E-state index contributed by atoms with van der Waals surface area (Å²) in [5, 5.41) is 0. The minimum atomic E-state index is -3.45. The lowest BCUT2D eigenvalue weighted by atomic mass is 10.0. The summed E-state index contributed by atoms with van der Waals surface area (Å²) >= 11 is 0. The minimum absolute atomic E-state index is 0.0510. The van der Waals surface area contributed by atoms with E-state index in [1.807, 2.05) is 67.6 Å². The van der Waals surface area contributed by atoms with E-state index in [2.05, 4.69) is 12.1 Å². The monoisotopic (exact) mass is 436 g/mol. The molecule has 0 spiro atoms. The van der Waals surface area contributed by atoms with E-state index in [1.54, 1.807) is 12.1 Å². The van der Waals surface area contributed by atoms with Crippen molar-refractivity contribution in [3.05, 3.63) is 102 Å². The summed E-state index contributed by atoms with van der Waals surface area (Å²) in [6.45, 7) is 1.94. The van der Waals surface area contributed by atoms with Crippen molar-refractivity contribution in [3.63, 3.8) is 0 Å². The molecular weight excluding hydrogens is 408 g/mol. The fourth-order valence-electron chi connectivity index (χ4n) is 3.91. The molecule has 0 aliphatic carbocycles. The maximum Gasteiger partial charge on any atom is 0.184 e. The van der Waals surface area contributed by atoms with E-state index >= 15 is 0 Å². The molecule has 162 valence electrons. The lowest BCUT2D eigenvalue weighted by molar-refractivity contribution is -0.243. The molecular formula is C26H28O4S. The van der Waals surface area contributed by atoms with Gasteiger partial charge in [0, 0.05) is 12.0 Å². The highest BCUT2D eigenvalue weighted by Gasteiger charge is 2.34. The van der Waals surface area contributed by atoms with E-state index in [-0.39, 0.29) is 11.9 Å². The van der Waals surface area contributed by atoms with E-state index < -0.39 is 22.2 Å². The lowest BCUT2D eigenvalue weighted by Gasteiger charge is -2.36. The molecule has 1 aliphatic rings. The van der Waals surface area contributed by atoms with Gasteiger partial charge in [-0.05, 0) is 37.5 Å². The molecule has 1 heterocycles. The summed E-state index contributed by atoms with van der Waals surface area (Å²) in [6.07, 6.45) is 1.20. The summed E-state index contributed by atoms with van der Waals surface area (Å²) in [4.78, 5) is 0.338. The molecule has 4 nitrogen and oxygen atoms in total. The highest BCUT2D eigenvalue weighted by molar-refractivity contribution is 7.91. The van der Waals surface area contributed by atoms with Crippen molar-refractivity contribution in [2.24, 2.45) is 0 Å². The van der Waals surface area contributed by atoms with Crippen LogP contribution in [-0.4, -0.2) is 26.4 Å². The number of hydrogen-bond acceptors (Lipinski definition) is 4. The first-order chi connectivity index (χ1) is 15.0. The van der Waals surface area contributed by atoms with Crippen molar-refractivity contribution in [1.82, 2.24) is 0 Å². The molecule has 3 aromatic carbocycles. The molecule has 0 amide bonds. The van der Waals surface area contributed by atoms with Crippen LogP contribution in [0, 0.1) is 6.92 Å². The Morgan fingerprint density at radius 1 is 0.806 bits per heavy atom. The first-order valence-electron chi connectivity index (χ1n) is 10.7. The van der Waals surface area contributed by atoms with Crippen molar-refractivity contribution in [3.8, 4) is 0 Å². The molecule has 1 fully saturated rings. The quantitative estimate of drug-likeness (QED) is 0.506. The molecule has 0 aromatic heterocycles. The fourth-order valence-corrected chi connectivity index (χ4v) is 5.35. The Hall–Kier alpha value is -2.47. The Morgan fingerprint density at radius 3 is 2.10 bits per heavy atom. The predicted octanol–water partition coefficient (Wildman–Crippen LogP) is 5.27. The number of aryl methyl sites for hydroxylation is 2. The Labute approximate surface area is 184 Å². The van der Waals surface area contributed by atoms with E-state index in [4.69, 9.17) is 9.47 Å². The van der Waals surface area contributed by atoms with Crippen molar-refractivity contribution >= 4 is 9.84 Å². The number of rotatable bonds is 7. The molecule has 1 aliphatic heterocycles. The second kappa shape index (κ2) is 9.77. The van der Waals surface area contributed by atoms with Crippen molar-refractivity contribution in [2.75, 3.05) is 5.75 Å². The van der Waals surface area contributed by atoms with Crippen molar-refractivity contribution in [1.29, 1.82) is 0 Å². The standard InChI is InChI=1S/C26H28O4S/c1-20-12-16-25(17-13-20)31(27,28)19-24-18-23(15-14-21-8-4-2-5-9-21)29-26(30-24)22-10-6-3-7-11-22/h2-13,16-17,23-24,26H,14-15,18-19H2,1H3/t23-,24-,26-/m0/s1. The maximum atomic E-state index is 13.0. The summed E-state index contributed by atoms with van der Waals surface area (Å²) in [7, 11) is -3.45. The molecule has 5 heteroatoms. The van der Waals surface area contributed by atoms with Crippen LogP contribution in [0.15, 0.2) is 89.8 Å². The normalized spacial score (nSPS) is 21.6. The molecule has 3 aromatic rings. The van der Waals surface area contributed by atoms with Gasteiger partial charge in [-0.2, -0.15) is 0 Å². The third-order valence-corrected chi connectivity index (χ3v) is 7.41. The number of ether oxygens (including phenoxy) is 2. The highest BCUT2D eigenvalue weighted by atomic mass is 32.2. The van der Waals surface area contributed by atoms with Crippen LogP contribution in [0.2, 0.25) is 0 Å². The van der Waals surface area contributed by atoms with Crippen LogP contribution >= 0.6 is 0 Å². The SMILES string of the molecule is Cc1ccc(S(=O)(=O)C[C@@H]2C[C@H](CCc3ccccc3)O[C@H](c3ccccc3)O2)cc1. The second-order valence-corrected chi connectivity index (χ2v) is 10.1. The van der Waals surface area contributed by atoms with Crippen LogP contribution in [0.25, 0.3) is 0 Å². The molecule has 0 saturated carbocycles. The van der Waals surface area contributed by atoms with E-state index in [0.717, 1.165) is 24.0 Å². The third kappa shape index (κ3) is 5.82. The van der Waals surface area contributed by atoms with Gasteiger partial charge >= 0.3 is 0 Å². The van der Waals surface area contributed by atoms with Gasteiger partial charge in [-0.15, -0.1) is 0 Å². The molecule has 0 radical (unpaired) electrons. The topological polar surface area (TPSA) is 52.6 Å². The average molecular weight is 437 g/mol. The number of hydrogen-bond donors (Lipinski definition) is 0. The predicted molar refractivity (Wildman–Crippen MR) is 122 cm³/mol. The smallest absolute Gasteiger partial charge is 0.184 e. The molecule has 1 saturated heterocycles. The highest BCUT2D eigenvalue weighted by Crippen LogP contribution is 2.33. The molecule has 4 rings (SSSR count). The van der Waals surface area contributed by atoms with Crippen LogP contribution in [0.3, 0.4) is 0 Å². The van der Waals surface area contributed by atoms with Crippen molar-refractivity contribution < 1.29 is 17.9 Å². The van der Waals surface area contributed by atoms with E-state index in [0.29, 0.717) is 11.3 Å². The average Bonchev–Trinajstić information content (AvgIpc) is 2.79. The summed E-state index contributed by atoms with van der Waals surface area (Å²) in [5.41, 5.74) is 3.19. The van der Waals surface area contributed by atoms with Gasteiger partial charge in [-0.3, -0.25) is 0 Å². The summed E-state index contributed by atoms with van der Waals surface area (Å²) in [6, 6.07) is 27.0. The lowest BCUT2D eigenvalue weighted by Crippen LogP contribution is -2.38. The Morgan fingerprint density at radius 2 is 1.42 bits per heavy atom. The molecule has 0 N–H and O–H groups in total. The number of sulfone groups is 1. The molecule has 0 unspecified atom stereocenters. The van der Waals surface area contributed by atoms with Gasteiger partial charge in [0.2, 0.25) is 0 Å². The van der Waals surface area contributed by atoms with Crippen LogP contribution in [0.1, 0.15) is 35.8 Å². The van der Waals surface area contributed by atoms with Crippen LogP contribution in [-0.2, 0) is 25.7 Å². The summed E-state index contributed by atoms with van der Waals surface area (Å²) in [5.74, 6) is -0.0510. The van der Waals surface area contributed by atoms with Gasteiger partial charge in [0.25, 0.3) is 0 Å². The molecule has 0 bridgehead atoms. The second-order valence-electron chi connectivity index (χ2n) is 8.11. The third-order valence-electron chi connectivity index (χ3n) is 5.61. The van der Waals surface area contributed by atoms with Gasteiger partial charge < -0.3 is 9.47 Å². The zero-order chi connectivity index (χ0) is 21.7. The first-order valence-corrected chi connectivity index (χ1v) is 12.3. The van der Waals surface area contributed by atoms with Gasteiger partial charge in [-0.25, -0.2) is 8.42 Å². The van der Waals surface area contributed by atoms with Gasteiger partial charge in [-0.1, -0.05) is 78.4 Å². The Kier molecular flexibility index (Phi) is 6.86. The first kappa shape index (κ1) is 21.8. The van der Waals surface area contributed by atoms with E-state index in [1.165, 1.54) is 5.56 Å². The molecule has 3 atom stereocenters. The van der Waals surface area contributed by atoms with Gasteiger partial charge in [0.1, 0.15) is 0 Å². The fraction of sp³-hybridized carbons (Fsp3) is 0.308. The summed E-state index contributed by atoms with van der Waals surface area (Å²) < 4.78 is 38.4. The Balaban J connectivity index is 1.50. The van der Waals surface area contributed by atoms with Crippen LogP contribution in [0.4, 0.5) is 0 Å². The van der Waals surface area contributed by atoms with Crippen LogP contribution < -0.4 is 0 Å². The van der Waals surface area contributed by atoms with Gasteiger partial charge in [0.15, 0.2) is 16.1 Å². The minimum Gasteiger partial charge on any atom is -0.345 e. The van der Waals surface area contributed by atoms with E-state index in [9.17, 15) is 8.42 Å². The van der Waals surface area contributed by atoms with Gasteiger partial charge in [0.05, 0.1) is 22.9 Å². The zero-order valence-corrected chi connectivity index (χ0v) is 18.5. The zero-order valence-electron chi connectivity index (χ0n) is 17.7. The largest absolute Gasteiger partial charge is 0.345 e.